The molecule has 0 aromatic heterocycles. The van der Waals surface area contributed by atoms with Gasteiger partial charge in [-0.25, -0.2) is 0 Å². The van der Waals surface area contributed by atoms with Gasteiger partial charge in [-0.1, -0.05) is 60.4 Å². The summed E-state index contributed by atoms with van der Waals surface area (Å²) in [6.07, 6.45) is 0. The number of hydrogen-bond donors (Lipinski definition) is 1. The van der Waals surface area contributed by atoms with Crippen molar-refractivity contribution in [1.82, 2.24) is 0 Å². The van der Waals surface area contributed by atoms with Crippen LogP contribution in [0.1, 0.15) is 26.3 Å². The number of rotatable bonds is 4. The van der Waals surface area contributed by atoms with Crippen molar-refractivity contribution in [3.05, 3.63) is 57.5 Å². The Kier molecular flexibility index (Phi) is 5.71. The van der Waals surface area contributed by atoms with Gasteiger partial charge in [-0.05, 0) is 41.3 Å². The SMILES string of the molecule is CC(C)(C)c1ccc(OCC(=O)Nc2ccc(Br)cc2Cl)cc1. The number of nitrogens with one attached hydrogen (secondary N) is 1. The van der Waals surface area contributed by atoms with Gasteiger partial charge >= 0.3 is 0 Å². The minimum Gasteiger partial charge on any atom is -0.484 e. The van der Waals surface area contributed by atoms with Gasteiger partial charge in [0, 0.05) is 4.47 Å². The standard InChI is InChI=1S/C18H19BrClNO2/c1-18(2,3)12-4-7-14(8-5-12)23-11-17(22)21-16-9-6-13(19)10-15(16)20/h4-10H,11H2,1-3H3,(H,21,22). The van der Waals surface area contributed by atoms with Crippen LogP contribution in [-0.4, -0.2) is 12.5 Å². The van der Waals surface area contributed by atoms with E-state index >= 15 is 0 Å². The molecule has 0 bridgehead atoms. The van der Waals surface area contributed by atoms with Gasteiger partial charge in [-0.3, -0.25) is 4.79 Å². The van der Waals surface area contributed by atoms with Gasteiger partial charge < -0.3 is 10.1 Å². The third-order valence-electron chi connectivity index (χ3n) is 3.30. The summed E-state index contributed by atoms with van der Waals surface area (Å²) >= 11 is 9.39. The maximum atomic E-state index is 11.9. The van der Waals surface area contributed by atoms with Crippen molar-refractivity contribution in [2.45, 2.75) is 26.2 Å². The maximum Gasteiger partial charge on any atom is 0.262 e. The second-order valence-electron chi connectivity index (χ2n) is 6.24. The van der Waals surface area contributed by atoms with Crippen molar-refractivity contribution in [3.63, 3.8) is 0 Å². The van der Waals surface area contributed by atoms with E-state index in [1.807, 2.05) is 30.3 Å². The highest BCUT2D eigenvalue weighted by molar-refractivity contribution is 9.10. The van der Waals surface area contributed by atoms with E-state index in [-0.39, 0.29) is 17.9 Å². The van der Waals surface area contributed by atoms with Crippen molar-refractivity contribution in [2.75, 3.05) is 11.9 Å². The molecule has 5 heteroatoms. The maximum absolute atomic E-state index is 11.9. The summed E-state index contributed by atoms with van der Waals surface area (Å²) in [7, 11) is 0. The van der Waals surface area contributed by atoms with Crippen molar-refractivity contribution in [2.24, 2.45) is 0 Å². The Morgan fingerprint density at radius 2 is 1.83 bits per heavy atom. The van der Waals surface area contributed by atoms with E-state index in [1.165, 1.54) is 5.56 Å². The van der Waals surface area contributed by atoms with Gasteiger partial charge in [-0.2, -0.15) is 0 Å². The first kappa shape index (κ1) is 17.8. The molecule has 0 heterocycles. The van der Waals surface area contributed by atoms with E-state index in [0.717, 1.165) is 4.47 Å². The minimum absolute atomic E-state index is 0.0682. The number of benzene rings is 2. The first-order valence-corrected chi connectivity index (χ1v) is 8.41. The van der Waals surface area contributed by atoms with Crippen molar-refractivity contribution in [3.8, 4) is 5.75 Å². The smallest absolute Gasteiger partial charge is 0.262 e. The molecule has 122 valence electrons. The zero-order valence-electron chi connectivity index (χ0n) is 13.3. The summed E-state index contributed by atoms with van der Waals surface area (Å²) in [4.78, 5) is 11.9. The predicted octanol–water partition coefficient (Wildman–Crippen LogP) is 5.42. The van der Waals surface area contributed by atoms with Crippen molar-refractivity contribution < 1.29 is 9.53 Å². The fraction of sp³-hybridized carbons (Fsp3) is 0.278. The van der Waals surface area contributed by atoms with Gasteiger partial charge in [0.05, 0.1) is 10.7 Å². The largest absolute Gasteiger partial charge is 0.484 e. The van der Waals surface area contributed by atoms with Crippen LogP contribution in [0.15, 0.2) is 46.9 Å². The van der Waals surface area contributed by atoms with E-state index in [4.69, 9.17) is 16.3 Å². The molecule has 0 unspecified atom stereocenters. The molecule has 2 aromatic rings. The third kappa shape index (κ3) is 5.26. The van der Waals surface area contributed by atoms with E-state index in [2.05, 4.69) is 42.0 Å². The van der Waals surface area contributed by atoms with Crippen LogP contribution in [0.25, 0.3) is 0 Å². The highest BCUT2D eigenvalue weighted by Crippen LogP contribution is 2.26. The summed E-state index contributed by atoms with van der Waals surface area (Å²) in [5, 5.41) is 3.20. The Morgan fingerprint density at radius 1 is 1.17 bits per heavy atom. The molecular formula is C18H19BrClNO2. The molecule has 1 N–H and O–H groups in total. The van der Waals surface area contributed by atoms with Gasteiger partial charge in [0.1, 0.15) is 5.75 Å². The number of halogens is 2. The van der Waals surface area contributed by atoms with Gasteiger partial charge in [0.2, 0.25) is 0 Å². The zero-order valence-corrected chi connectivity index (χ0v) is 15.7. The predicted molar refractivity (Wildman–Crippen MR) is 98.4 cm³/mol. The lowest BCUT2D eigenvalue weighted by atomic mass is 9.87. The highest BCUT2D eigenvalue weighted by atomic mass is 79.9. The molecule has 0 aliphatic carbocycles. The average molecular weight is 397 g/mol. The molecule has 0 radical (unpaired) electrons. The first-order chi connectivity index (χ1) is 10.8. The Labute approximate surface area is 150 Å². The number of carbonyl (C=O) groups is 1. The highest BCUT2D eigenvalue weighted by Gasteiger charge is 2.13. The second kappa shape index (κ2) is 7.37. The van der Waals surface area contributed by atoms with Crippen LogP contribution in [0.4, 0.5) is 5.69 Å². The second-order valence-corrected chi connectivity index (χ2v) is 7.56. The van der Waals surface area contributed by atoms with E-state index < -0.39 is 0 Å². The Bertz CT molecular complexity index is 693. The van der Waals surface area contributed by atoms with Crippen LogP contribution in [-0.2, 0) is 10.2 Å². The monoisotopic (exact) mass is 395 g/mol. The Balaban J connectivity index is 1.91. The van der Waals surface area contributed by atoms with Crippen LogP contribution < -0.4 is 10.1 Å². The molecule has 0 aliphatic rings. The Hall–Kier alpha value is -1.52. The lowest BCUT2D eigenvalue weighted by Crippen LogP contribution is -2.20. The fourth-order valence-electron chi connectivity index (χ4n) is 1.98. The quantitative estimate of drug-likeness (QED) is 0.749. The summed E-state index contributed by atoms with van der Waals surface area (Å²) < 4.78 is 6.36. The van der Waals surface area contributed by atoms with Crippen LogP contribution in [0.2, 0.25) is 5.02 Å². The first-order valence-electron chi connectivity index (χ1n) is 7.24. The molecule has 2 aromatic carbocycles. The fourth-order valence-corrected chi connectivity index (χ4v) is 2.70. The molecule has 1 amide bonds. The lowest BCUT2D eigenvalue weighted by molar-refractivity contribution is -0.118. The third-order valence-corrected chi connectivity index (χ3v) is 4.10. The number of hydrogen-bond acceptors (Lipinski definition) is 2. The number of ether oxygens (including phenoxy) is 1. The number of amides is 1. The van der Waals surface area contributed by atoms with Crippen LogP contribution in [0.3, 0.4) is 0 Å². The van der Waals surface area contributed by atoms with Gasteiger partial charge in [-0.15, -0.1) is 0 Å². The number of anilines is 1. The molecular weight excluding hydrogens is 378 g/mol. The zero-order chi connectivity index (χ0) is 17.0. The summed E-state index contributed by atoms with van der Waals surface area (Å²) in [5.74, 6) is 0.407. The van der Waals surface area contributed by atoms with E-state index in [0.29, 0.717) is 16.5 Å². The van der Waals surface area contributed by atoms with Crippen LogP contribution in [0.5, 0.6) is 5.75 Å². The molecule has 0 saturated heterocycles. The molecule has 0 fully saturated rings. The molecule has 0 saturated carbocycles. The van der Waals surface area contributed by atoms with E-state index in [9.17, 15) is 4.79 Å². The van der Waals surface area contributed by atoms with Gasteiger partial charge in [0.15, 0.2) is 6.61 Å². The van der Waals surface area contributed by atoms with E-state index in [1.54, 1.807) is 12.1 Å². The Morgan fingerprint density at radius 3 is 2.39 bits per heavy atom. The molecule has 23 heavy (non-hydrogen) atoms. The number of carbonyl (C=O) groups excluding carboxylic acids is 1. The summed E-state index contributed by atoms with van der Waals surface area (Å²) in [5.41, 5.74) is 1.87. The van der Waals surface area contributed by atoms with Crippen molar-refractivity contribution in [1.29, 1.82) is 0 Å². The van der Waals surface area contributed by atoms with Crippen LogP contribution >= 0.6 is 27.5 Å². The molecule has 0 spiro atoms. The topological polar surface area (TPSA) is 38.3 Å². The van der Waals surface area contributed by atoms with Crippen LogP contribution in [0, 0.1) is 0 Å². The summed E-state index contributed by atoms with van der Waals surface area (Å²) in [6.45, 7) is 6.38. The normalized spacial score (nSPS) is 11.2. The molecule has 0 aliphatic heterocycles. The van der Waals surface area contributed by atoms with Gasteiger partial charge in [0.25, 0.3) is 5.91 Å². The minimum atomic E-state index is -0.255. The molecule has 2 rings (SSSR count). The average Bonchev–Trinajstić information content (AvgIpc) is 2.47. The molecule has 0 atom stereocenters. The lowest BCUT2D eigenvalue weighted by Gasteiger charge is -2.19. The summed E-state index contributed by atoms with van der Waals surface area (Å²) in [6, 6.07) is 13.1. The van der Waals surface area contributed by atoms with Crippen molar-refractivity contribution >= 4 is 39.1 Å². The molecule has 3 nitrogen and oxygen atoms in total.